The molecule has 0 aliphatic heterocycles. The minimum atomic E-state index is -0.980. The molecule has 0 aliphatic rings. The lowest BCUT2D eigenvalue weighted by Crippen LogP contribution is -2.41. The van der Waals surface area contributed by atoms with E-state index in [0.717, 1.165) is 12.8 Å². The largest absolute Gasteiger partial charge is 0.480 e. The van der Waals surface area contributed by atoms with Crippen molar-refractivity contribution in [2.24, 2.45) is 0 Å². The van der Waals surface area contributed by atoms with Gasteiger partial charge in [0.2, 0.25) is 5.91 Å². The van der Waals surface area contributed by atoms with Gasteiger partial charge in [0.15, 0.2) is 0 Å². The first-order valence-corrected chi connectivity index (χ1v) is 8.46. The summed E-state index contributed by atoms with van der Waals surface area (Å²) in [6, 6.07) is -0.789. The van der Waals surface area contributed by atoms with Gasteiger partial charge in [-0.05, 0) is 24.9 Å². The van der Waals surface area contributed by atoms with Crippen molar-refractivity contribution < 1.29 is 14.7 Å². The van der Waals surface area contributed by atoms with Crippen LogP contribution in [0.25, 0.3) is 0 Å². The molecule has 0 aromatic carbocycles. The molecule has 6 nitrogen and oxygen atoms in total. The first-order valence-electron chi connectivity index (χ1n) is 7.07. The topological polar surface area (TPSA) is 84.2 Å². The van der Waals surface area contributed by atoms with Gasteiger partial charge in [-0.15, -0.1) is 0 Å². The third kappa shape index (κ3) is 6.20. The van der Waals surface area contributed by atoms with Crippen LogP contribution in [0.15, 0.2) is 18.7 Å². The third-order valence-electron chi connectivity index (χ3n) is 3.23. The smallest absolute Gasteiger partial charge is 0.326 e. The molecule has 0 saturated carbocycles. The second kappa shape index (κ2) is 9.44. The lowest BCUT2D eigenvalue weighted by molar-refractivity contribution is -0.142. The van der Waals surface area contributed by atoms with Crippen LogP contribution in [0.1, 0.15) is 38.6 Å². The van der Waals surface area contributed by atoms with E-state index in [-0.39, 0.29) is 18.4 Å². The summed E-state index contributed by atoms with van der Waals surface area (Å²) in [5.41, 5.74) is 0. The summed E-state index contributed by atoms with van der Waals surface area (Å²) in [5.74, 6) is -0.500. The maximum absolute atomic E-state index is 12.1. The van der Waals surface area contributed by atoms with Crippen LogP contribution in [-0.2, 0) is 9.59 Å². The highest BCUT2D eigenvalue weighted by atomic mass is 32.2. The summed E-state index contributed by atoms with van der Waals surface area (Å²) in [6.07, 6.45) is 9.62. The zero-order valence-electron chi connectivity index (χ0n) is 12.5. The number of rotatable bonds is 10. The highest BCUT2D eigenvalue weighted by Crippen LogP contribution is 2.17. The van der Waals surface area contributed by atoms with Gasteiger partial charge in [-0.2, -0.15) is 11.8 Å². The zero-order chi connectivity index (χ0) is 15.7. The second-order valence-corrected chi connectivity index (χ2v) is 5.88. The van der Waals surface area contributed by atoms with E-state index in [1.807, 2.05) is 17.0 Å². The zero-order valence-corrected chi connectivity index (χ0v) is 13.3. The van der Waals surface area contributed by atoms with E-state index in [1.54, 1.807) is 24.3 Å². The van der Waals surface area contributed by atoms with Gasteiger partial charge in [0.1, 0.15) is 6.04 Å². The summed E-state index contributed by atoms with van der Waals surface area (Å²) in [7, 11) is 0. The molecule has 1 aromatic heterocycles. The number of imidazole rings is 1. The molecule has 2 unspecified atom stereocenters. The fraction of sp³-hybridized carbons (Fsp3) is 0.643. The summed E-state index contributed by atoms with van der Waals surface area (Å²) in [6.45, 7) is 2.06. The Morgan fingerprint density at radius 1 is 1.43 bits per heavy atom. The van der Waals surface area contributed by atoms with E-state index in [9.17, 15) is 9.59 Å². The Morgan fingerprint density at radius 2 is 2.19 bits per heavy atom. The Balaban J connectivity index is 2.58. The summed E-state index contributed by atoms with van der Waals surface area (Å²) >= 11 is 1.57. The van der Waals surface area contributed by atoms with Crippen LogP contribution in [-0.4, -0.2) is 44.6 Å². The summed E-state index contributed by atoms with van der Waals surface area (Å²) in [4.78, 5) is 27.2. The number of amides is 1. The van der Waals surface area contributed by atoms with Gasteiger partial charge in [-0.25, -0.2) is 9.78 Å². The maximum atomic E-state index is 12.1. The highest BCUT2D eigenvalue weighted by molar-refractivity contribution is 7.98. The fourth-order valence-corrected chi connectivity index (χ4v) is 2.61. The van der Waals surface area contributed by atoms with Crippen molar-refractivity contribution in [1.82, 2.24) is 14.9 Å². The molecule has 0 aliphatic carbocycles. The number of carbonyl (C=O) groups is 2. The molecule has 1 heterocycles. The number of aliphatic carboxylic acids is 1. The molecule has 0 bridgehead atoms. The first-order chi connectivity index (χ1) is 10.1. The number of carbonyl (C=O) groups excluding carboxylic acids is 1. The predicted octanol–water partition coefficient (Wildman–Crippen LogP) is 1.94. The van der Waals surface area contributed by atoms with Gasteiger partial charge >= 0.3 is 5.97 Å². The van der Waals surface area contributed by atoms with Gasteiger partial charge in [0.25, 0.3) is 0 Å². The van der Waals surface area contributed by atoms with Crippen molar-refractivity contribution in [2.75, 3.05) is 12.0 Å². The van der Waals surface area contributed by atoms with Crippen molar-refractivity contribution in [3.05, 3.63) is 18.7 Å². The molecule has 1 aromatic rings. The molecular formula is C14H23N3O3S. The highest BCUT2D eigenvalue weighted by Gasteiger charge is 2.21. The van der Waals surface area contributed by atoms with Crippen LogP contribution in [0.2, 0.25) is 0 Å². The minimum absolute atomic E-state index is 0.0208. The van der Waals surface area contributed by atoms with Gasteiger partial charge in [0.05, 0.1) is 6.33 Å². The predicted molar refractivity (Wildman–Crippen MR) is 83.4 cm³/mol. The average Bonchev–Trinajstić information content (AvgIpc) is 2.96. The van der Waals surface area contributed by atoms with Crippen molar-refractivity contribution in [1.29, 1.82) is 0 Å². The van der Waals surface area contributed by atoms with Gasteiger partial charge in [-0.1, -0.05) is 13.3 Å². The number of nitrogens with one attached hydrogen (secondary N) is 1. The number of hydrogen-bond acceptors (Lipinski definition) is 4. The van der Waals surface area contributed by atoms with Crippen LogP contribution in [0, 0.1) is 0 Å². The van der Waals surface area contributed by atoms with E-state index in [2.05, 4.69) is 17.2 Å². The Morgan fingerprint density at radius 3 is 2.71 bits per heavy atom. The number of aromatic nitrogens is 2. The molecule has 0 fully saturated rings. The number of carboxylic acid groups (broad SMARTS) is 1. The number of hydrogen-bond donors (Lipinski definition) is 2. The normalized spacial score (nSPS) is 13.6. The van der Waals surface area contributed by atoms with Crippen molar-refractivity contribution in [2.45, 2.75) is 44.7 Å². The fourth-order valence-electron chi connectivity index (χ4n) is 2.14. The molecule has 118 valence electrons. The molecule has 2 atom stereocenters. The van der Waals surface area contributed by atoms with Gasteiger partial charge in [0, 0.05) is 24.9 Å². The molecular weight excluding hydrogens is 290 g/mol. The Hall–Kier alpha value is -1.50. The van der Waals surface area contributed by atoms with E-state index in [0.29, 0.717) is 12.2 Å². The van der Waals surface area contributed by atoms with E-state index in [4.69, 9.17) is 5.11 Å². The lowest BCUT2D eigenvalue weighted by atomic mass is 10.1. The van der Waals surface area contributed by atoms with Gasteiger partial charge in [-0.3, -0.25) is 4.79 Å². The monoisotopic (exact) mass is 313 g/mol. The molecule has 0 spiro atoms. The molecule has 1 rings (SSSR count). The molecule has 0 saturated heterocycles. The average molecular weight is 313 g/mol. The number of carboxylic acids is 1. The van der Waals surface area contributed by atoms with E-state index < -0.39 is 12.0 Å². The van der Waals surface area contributed by atoms with Crippen LogP contribution in [0.3, 0.4) is 0 Å². The first kappa shape index (κ1) is 17.6. The van der Waals surface area contributed by atoms with E-state index >= 15 is 0 Å². The standard InChI is InChI=1S/C14H23N3O3S/c1-3-4-11(17-7-6-15-10-17)9-13(18)16-12(14(19)20)5-8-21-2/h6-7,10-12H,3-5,8-9H2,1-2H3,(H,16,18)(H,19,20). The minimum Gasteiger partial charge on any atom is -0.480 e. The second-order valence-electron chi connectivity index (χ2n) is 4.90. The van der Waals surface area contributed by atoms with E-state index in [1.165, 1.54) is 0 Å². The van der Waals surface area contributed by atoms with Gasteiger partial charge < -0.3 is 15.0 Å². The van der Waals surface area contributed by atoms with Crippen LogP contribution >= 0.6 is 11.8 Å². The molecule has 21 heavy (non-hydrogen) atoms. The maximum Gasteiger partial charge on any atom is 0.326 e. The quantitative estimate of drug-likeness (QED) is 0.689. The number of thioether (sulfide) groups is 1. The van der Waals surface area contributed by atoms with Crippen molar-refractivity contribution in [3.63, 3.8) is 0 Å². The van der Waals surface area contributed by atoms with Crippen LogP contribution in [0.4, 0.5) is 0 Å². The Labute approximate surface area is 129 Å². The molecule has 1 amide bonds. The Bertz CT molecular complexity index is 437. The molecule has 0 radical (unpaired) electrons. The lowest BCUT2D eigenvalue weighted by Gasteiger charge is -2.19. The third-order valence-corrected chi connectivity index (χ3v) is 3.88. The van der Waals surface area contributed by atoms with Crippen LogP contribution in [0.5, 0.6) is 0 Å². The summed E-state index contributed by atoms with van der Waals surface area (Å²) in [5, 5.41) is 11.7. The Kier molecular flexibility index (Phi) is 7.89. The van der Waals surface area contributed by atoms with Crippen molar-refractivity contribution in [3.8, 4) is 0 Å². The SMILES string of the molecule is CCCC(CC(=O)NC(CCSC)C(=O)O)n1ccnc1. The van der Waals surface area contributed by atoms with Crippen molar-refractivity contribution >= 4 is 23.6 Å². The molecule has 7 heteroatoms. The molecule has 2 N–H and O–H groups in total. The number of nitrogens with zero attached hydrogens (tertiary/aromatic N) is 2. The summed E-state index contributed by atoms with van der Waals surface area (Å²) < 4.78 is 1.90. The van der Waals surface area contributed by atoms with Crippen LogP contribution < -0.4 is 5.32 Å².